The van der Waals surface area contributed by atoms with E-state index in [1.165, 1.54) is 19.2 Å². The average Bonchev–Trinajstić information content (AvgIpc) is 2.24. The van der Waals surface area contributed by atoms with E-state index in [2.05, 4.69) is 4.74 Å². The van der Waals surface area contributed by atoms with Crippen LogP contribution in [-0.2, 0) is 11.2 Å². The van der Waals surface area contributed by atoms with Crippen molar-refractivity contribution in [2.24, 2.45) is 0 Å². The highest BCUT2D eigenvalue weighted by Gasteiger charge is 2.37. The molecule has 0 saturated carbocycles. The van der Waals surface area contributed by atoms with Crippen LogP contribution in [0.1, 0.15) is 12.0 Å². The van der Waals surface area contributed by atoms with E-state index in [0.717, 1.165) is 6.07 Å². The van der Waals surface area contributed by atoms with Crippen LogP contribution in [0.15, 0.2) is 18.2 Å². The molecule has 1 aromatic carbocycles. The highest BCUT2D eigenvalue weighted by molar-refractivity contribution is 5.84. The summed E-state index contributed by atoms with van der Waals surface area (Å²) in [5.74, 6) is -2.46. The van der Waals surface area contributed by atoms with Crippen LogP contribution >= 0.6 is 0 Å². The predicted molar refractivity (Wildman–Crippen MR) is 52.3 cm³/mol. The number of rotatable bonds is 4. The Hall–Kier alpha value is -1.59. The van der Waals surface area contributed by atoms with Crippen molar-refractivity contribution in [3.05, 3.63) is 29.6 Å². The van der Waals surface area contributed by atoms with Crippen molar-refractivity contribution >= 4 is 5.78 Å². The number of aryl methyl sites for hydroxylation is 1. The second-order valence-corrected chi connectivity index (χ2v) is 3.39. The maximum absolute atomic E-state index is 13.2. The zero-order valence-corrected chi connectivity index (χ0v) is 8.97. The van der Waals surface area contributed by atoms with Crippen molar-refractivity contribution in [2.45, 2.75) is 19.0 Å². The molecule has 0 spiro atoms. The van der Waals surface area contributed by atoms with Crippen LogP contribution in [-0.4, -0.2) is 19.1 Å². The van der Waals surface area contributed by atoms with Crippen molar-refractivity contribution in [3.63, 3.8) is 0 Å². The average molecular weight is 250 g/mol. The number of methoxy groups -OCH3 is 1. The van der Waals surface area contributed by atoms with E-state index in [1.807, 2.05) is 0 Å². The Labute approximate surface area is 95.2 Å². The van der Waals surface area contributed by atoms with Gasteiger partial charge in [-0.25, -0.2) is 4.39 Å². The third kappa shape index (κ3) is 3.72. The Morgan fingerprint density at radius 2 is 2.00 bits per heavy atom. The van der Waals surface area contributed by atoms with Gasteiger partial charge >= 0.3 is 6.18 Å². The van der Waals surface area contributed by atoms with Crippen molar-refractivity contribution < 1.29 is 27.1 Å². The maximum Gasteiger partial charge on any atom is 0.449 e. The Morgan fingerprint density at radius 3 is 2.47 bits per heavy atom. The third-order valence-electron chi connectivity index (χ3n) is 2.17. The highest BCUT2D eigenvalue weighted by Crippen LogP contribution is 2.21. The normalized spacial score (nSPS) is 11.4. The maximum atomic E-state index is 13.2. The smallest absolute Gasteiger partial charge is 0.449 e. The first-order chi connectivity index (χ1) is 7.84. The van der Waals surface area contributed by atoms with Crippen LogP contribution in [0.4, 0.5) is 17.6 Å². The number of benzene rings is 1. The van der Waals surface area contributed by atoms with Gasteiger partial charge in [-0.1, -0.05) is 6.07 Å². The number of halogens is 4. The van der Waals surface area contributed by atoms with E-state index in [4.69, 9.17) is 0 Å². The molecule has 0 unspecified atom stereocenters. The fraction of sp³-hybridized carbons (Fsp3) is 0.364. The van der Waals surface area contributed by atoms with Gasteiger partial charge in [0.2, 0.25) is 5.78 Å². The Morgan fingerprint density at radius 1 is 1.35 bits per heavy atom. The molecule has 0 aliphatic heterocycles. The van der Waals surface area contributed by atoms with E-state index in [1.54, 1.807) is 0 Å². The number of alkyl halides is 3. The summed E-state index contributed by atoms with van der Waals surface area (Å²) in [6, 6.07) is 3.79. The molecule has 94 valence electrons. The van der Waals surface area contributed by atoms with Gasteiger partial charge < -0.3 is 4.74 Å². The van der Waals surface area contributed by atoms with Crippen LogP contribution in [0.3, 0.4) is 0 Å². The first-order valence-corrected chi connectivity index (χ1v) is 4.77. The quantitative estimate of drug-likeness (QED) is 0.768. The molecule has 0 heterocycles. The van der Waals surface area contributed by atoms with E-state index < -0.39 is 24.2 Å². The summed E-state index contributed by atoms with van der Waals surface area (Å²) >= 11 is 0. The minimum Gasteiger partial charge on any atom is -0.494 e. The lowest BCUT2D eigenvalue weighted by atomic mass is 10.1. The summed E-state index contributed by atoms with van der Waals surface area (Å²) in [7, 11) is 1.28. The van der Waals surface area contributed by atoms with Gasteiger partial charge in [0.15, 0.2) is 11.6 Å². The number of carbonyl (C=O) groups excluding carboxylic acids is 1. The van der Waals surface area contributed by atoms with Gasteiger partial charge in [0.05, 0.1) is 7.11 Å². The van der Waals surface area contributed by atoms with Crippen molar-refractivity contribution in [2.75, 3.05) is 7.11 Å². The number of hydrogen-bond acceptors (Lipinski definition) is 2. The molecule has 0 aliphatic rings. The lowest BCUT2D eigenvalue weighted by molar-refractivity contribution is -0.171. The summed E-state index contributed by atoms with van der Waals surface area (Å²) in [5.41, 5.74) is 0.320. The molecular weight excluding hydrogens is 240 g/mol. The second kappa shape index (κ2) is 5.16. The monoisotopic (exact) mass is 250 g/mol. The fourth-order valence-corrected chi connectivity index (χ4v) is 1.26. The van der Waals surface area contributed by atoms with Gasteiger partial charge in [-0.15, -0.1) is 0 Å². The third-order valence-corrected chi connectivity index (χ3v) is 2.17. The fourth-order valence-electron chi connectivity index (χ4n) is 1.26. The van der Waals surface area contributed by atoms with Gasteiger partial charge in [-0.2, -0.15) is 13.2 Å². The molecule has 6 heteroatoms. The molecule has 2 nitrogen and oxygen atoms in total. The largest absolute Gasteiger partial charge is 0.494 e. The Kier molecular flexibility index (Phi) is 4.09. The molecule has 0 saturated heterocycles. The summed E-state index contributed by atoms with van der Waals surface area (Å²) in [4.78, 5) is 10.6. The van der Waals surface area contributed by atoms with E-state index in [0.29, 0.717) is 5.56 Å². The van der Waals surface area contributed by atoms with Crippen molar-refractivity contribution in [1.29, 1.82) is 0 Å². The van der Waals surface area contributed by atoms with Crippen LogP contribution < -0.4 is 4.74 Å². The number of ketones is 1. The number of Topliss-reactive ketones (excluding diaryl/α,β-unsaturated/α-hetero) is 1. The zero-order chi connectivity index (χ0) is 13.1. The number of ether oxygens (including phenoxy) is 1. The molecule has 0 bridgehead atoms. The predicted octanol–water partition coefficient (Wildman–Crippen LogP) is 2.90. The molecule has 0 aromatic heterocycles. The SMILES string of the molecule is COc1ccc(CCC(=O)C(F)(F)F)cc1F. The molecular formula is C11H10F4O2. The molecule has 0 amide bonds. The highest BCUT2D eigenvalue weighted by atomic mass is 19.4. The lowest BCUT2D eigenvalue weighted by Gasteiger charge is -2.06. The first kappa shape index (κ1) is 13.5. The number of hydrogen-bond donors (Lipinski definition) is 0. The standard InChI is InChI=1S/C11H10F4O2/c1-17-9-4-2-7(6-8(9)12)3-5-10(16)11(13,14)15/h2,4,6H,3,5H2,1H3. The van der Waals surface area contributed by atoms with Crippen molar-refractivity contribution in [3.8, 4) is 5.75 Å². The van der Waals surface area contributed by atoms with Gasteiger partial charge in [-0.05, 0) is 24.1 Å². The van der Waals surface area contributed by atoms with E-state index in [9.17, 15) is 22.4 Å². The van der Waals surface area contributed by atoms with Gasteiger partial charge in [0.25, 0.3) is 0 Å². The minimum absolute atomic E-state index is 0.0101. The topological polar surface area (TPSA) is 26.3 Å². The zero-order valence-electron chi connectivity index (χ0n) is 8.97. The minimum atomic E-state index is -4.83. The number of carbonyl (C=O) groups is 1. The van der Waals surface area contributed by atoms with Gasteiger partial charge in [-0.3, -0.25) is 4.79 Å². The molecule has 0 fully saturated rings. The van der Waals surface area contributed by atoms with Crippen LogP contribution in [0.25, 0.3) is 0 Å². The van der Waals surface area contributed by atoms with Crippen LogP contribution in [0.2, 0.25) is 0 Å². The molecule has 0 atom stereocenters. The summed E-state index contributed by atoms with van der Waals surface area (Å²) in [6.07, 6.45) is -5.67. The van der Waals surface area contributed by atoms with E-state index >= 15 is 0 Å². The van der Waals surface area contributed by atoms with Crippen LogP contribution in [0.5, 0.6) is 5.75 Å². The summed E-state index contributed by atoms with van der Waals surface area (Å²) in [5, 5.41) is 0. The molecule has 1 aromatic rings. The molecule has 0 N–H and O–H groups in total. The first-order valence-electron chi connectivity index (χ1n) is 4.77. The van der Waals surface area contributed by atoms with Crippen molar-refractivity contribution in [1.82, 2.24) is 0 Å². The van der Waals surface area contributed by atoms with Gasteiger partial charge in [0, 0.05) is 6.42 Å². The molecule has 1 rings (SSSR count). The molecule has 0 aliphatic carbocycles. The van der Waals surface area contributed by atoms with Gasteiger partial charge in [0.1, 0.15) is 0 Å². The summed E-state index contributed by atoms with van der Waals surface area (Å²) in [6.45, 7) is 0. The Bertz CT molecular complexity index is 412. The Balaban J connectivity index is 2.65. The lowest BCUT2D eigenvalue weighted by Crippen LogP contribution is -2.22. The van der Waals surface area contributed by atoms with E-state index in [-0.39, 0.29) is 12.2 Å². The molecule has 0 radical (unpaired) electrons. The second-order valence-electron chi connectivity index (χ2n) is 3.39. The van der Waals surface area contributed by atoms with Crippen LogP contribution in [0, 0.1) is 5.82 Å². The summed E-state index contributed by atoms with van der Waals surface area (Å²) < 4.78 is 53.6. The molecule has 17 heavy (non-hydrogen) atoms.